The number of nitrogens with one attached hydrogen (secondary N) is 2. The Balaban J connectivity index is 1.72. The van der Waals surface area contributed by atoms with Gasteiger partial charge in [0.15, 0.2) is 0 Å². The Bertz CT molecular complexity index is 884. The summed E-state index contributed by atoms with van der Waals surface area (Å²) >= 11 is 5.96. The van der Waals surface area contributed by atoms with Crippen molar-refractivity contribution in [2.45, 2.75) is 0 Å². The molecule has 25 heavy (non-hydrogen) atoms. The van der Waals surface area contributed by atoms with E-state index in [9.17, 15) is 4.79 Å². The third kappa shape index (κ3) is 4.45. The zero-order valence-electron chi connectivity index (χ0n) is 13.4. The Morgan fingerprint density at radius 2 is 1.84 bits per heavy atom. The Kier molecular flexibility index (Phi) is 5.11. The van der Waals surface area contributed by atoms with E-state index in [1.54, 1.807) is 49.6 Å². The zero-order chi connectivity index (χ0) is 17.6. The highest BCUT2D eigenvalue weighted by Crippen LogP contribution is 2.19. The van der Waals surface area contributed by atoms with Crippen LogP contribution in [0.5, 0.6) is 5.75 Å². The van der Waals surface area contributed by atoms with E-state index < -0.39 is 0 Å². The lowest BCUT2D eigenvalue weighted by Gasteiger charge is -2.08. The van der Waals surface area contributed by atoms with Crippen molar-refractivity contribution in [1.29, 1.82) is 0 Å². The van der Waals surface area contributed by atoms with Gasteiger partial charge in [0.05, 0.1) is 7.11 Å². The average molecular weight is 355 g/mol. The molecule has 2 aromatic carbocycles. The summed E-state index contributed by atoms with van der Waals surface area (Å²) in [6.07, 6.45) is 1.33. The second-order valence-electron chi connectivity index (χ2n) is 5.11. The van der Waals surface area contributed by atoms with Crippen LogP contribution in [-0.2, 0) is 0 Å². The minimum absolute atomic E-state index is 0.246. The Morgan fingerprint density at radius 3 is 2.56 bits per heavy atom. The first-order chi connectivity index (χ1) is 12.1. The molecule has 7 heteroatoms. The number of anilines is 3. The Hall–Kier alpha value is -3.12. The number of benzene rings is 2. The second kappa shape index (κ2) is 7.63. The quantitative estimate of drug-likeness (QED) is 0.720. The number of nitrogens with zero attached hydrogens (tertiary/aromatic N) is 2. The molecule has 0 fully saturated rings. The summed E-state index contributed by atoms with van der Waals surface area (Å²) in [5.41, 5.74) is 1.66. The van der Waals surface area contributed by atoms with E-state index in [4.69, 9.17) is 16.3 Å². The number of carbonyl (C=O) groups excluding carboxylic acids is 1. The Morgan fingerprint density at radius 1 is 1.04 bits per heavy atom. The fraction of sp³-hybridized carbons (Fsp3) is 0.0556. The molecule has 0 saturated carbocycles. The summed E-state index contributed by atoms with van der Waals surface area (Å²) in [5, 5.41) is 6.47. The van der Waals surface area contributed by atoms with Crippen LogP contribution in [0.2, 0.25) is 5.02 Å². The lowest BCUT2D eigenvalue weighted by atomic mass is 10.2. The lowest BCUT2D eigenvalue weighted by molar-refractivity contribution is 0.102. The molecule has 0 aliphatic rings. The molecule has 0 atom stereocenters. The topological polar surface area (TPSA) is 76.1 Å². The van der Waals surface area contributed by atoms with Crippen LogP contribution < -0.4 is 15.4 Å². The predicted octanol–water partition coefficient (Wildman–Crippen LogP) is 4.13. The van der Waals surface area contributed by atoms with Crippen LogP contribution in [0.25, 0.3) is 0 Å². The van der Waals surface area contributed by atoms with Gasteiger partial charge in [-0.05, 0) is 42.5 Å². The summed E-state index contributed by atoms with van der Waals surface area (Å²) < 4.78 is 5.09. The number of methoxy groups -OCH3 is 1. The van der Waals surface area contributed by atoms with E-state index in [1.165, 1.54) is 6.33 Å². The maximum absolute atomic E-state index is 12.3. The highest BCUT2D eigenvalue weighted by Gasteiger charge is 2.09. The minimum atomic E-state index is -0.332. The van der Waals surface area contributed by atoms with E-state index in [-0.39, 0.29) is 11.6 Å². The highest BCUT2D eigenvalue weighted by atomic mass is 35.5. The summed E-state index contributed by atoms with van der Waals surface area (Å²) in [6.45, 7) is 0. The normalized spacial score (nSPS) is 10.2. The molecule has 0 radical (unpaired) electrons. The lowest BCUT2D eigenvalue weighted by Crippen LogP contribution is -2.14. The maximum atomic E-state index is 12.3. The van der Waals surface area contributed by atoms with Gasteiger partial charge in [-0.25, -0.2) is 9.97 Å². The first-order valence-electron chi connectivity index (χ1n) is 7.44. The largest absolute Gasteiger partial charge is 0.497 e. The zero-order valence-corrected chi connectivity index (χ0v) is 14.1. The van der Waals surface area contributed by atoms with Gasteiger partial charge >= 0.3 is 0 Å². The molecule has 126 valence electrons. The third-order valence-electron chi connectivity index (χ3n) is 3.34. The predicted molar refractivity (Wildman–Crippen MR) is 97.7 cm³/mol. The minimum Gasteiger partial charge on any atom is -0.497 e. The number of carbonyl (C=O) groups is 1. The number of amides is 1. The molecule has 0 unspecified atom stereocenters. The first kappa shape index (κ1) is 16.7. The van der Waals surface area contributed by atoms with E-state index >= 15 is 0 Å². The van der Waals surface area contributed by atoms with Gasteiger partial charge in [-0.1, -0.05) is 17.7 Å². The van der Waals surface area contributed by atoms with Crippen LogP contribution in [-0.4, -0.2) is 23.0 Å². The van der Waals surface area contributed by atoms with Crippen LogP contribution in [0.1, 0.15) is 10.5 Å². The smallest absolute Gasteiger partial charge is 0.274 e. The molecule has 1 heterocycles. The van der Waals surface area contributed by atoms with Crippen LogP contribution in [0.4, 0.5) is 17.2 Å². The van der Waals surface area contributed by atoms with Gasteiger partial charge in [-0.2, -0.15) is 0 Å². The molecule has 2 N–H and O–H groups in total. The van der Waals surface area contributed by atoms with E-state index in [0.29, 0.717) is 22.3 Å². The van der Waals surface area contributed by atoms with Gasteiger partial charge in [0.2, 0.25) is 0 Å². The molecule has 0 spiro atoms. The summed E-state index contributed by atoms with van der Waals surface area (Å²) in [5.74, 6) is 0.881. The Labute approximate surface area is 149 Å². The molecule has 3 rings (SSSR count). The molecule has 0 bridgehead atoms. The number of aromatic nitrogens is 2. The van der Waals surface area contributed by atoms with E-state index in [1.807, 2.05) is 12.1 Å². The summed E-state index contributed by atoms with van der Waals surface area (Å²) in [6, 6.07) is 15.8. The van der Waals surface area contributed by atoms with Gasteiger partial charge < -0.3 is 15.4 Å². The number of hydrogen-bond acceptors (Lipinski definition) is 5. The molecule has 0 aliphatic heterocycles. The molecular weight excluding hydrogens is 340 g/mol. The van der Waals surface area contributed by atoms with Crippen LogP contribution >= 0.6 is 11.6 Å². The standard InChI is InChI=1S/C18H15ClN4O2/c1-25-15-7-5-13(6-8-15)23-18(24)16-10-17(21-11-20-16)22-14-4-2-3-12(19)9-14/h2-11H,1H3,(H,23,24)(H,20,21,22). The average Bonchev–Trinajstić information content (AvgIpc) is 2.62. The van der Waals surface area contributed by atoms with Crippen molar-refractivity contribution in [2.75, 3.05) is 17.7 Å². The van der Waals surface area contributed by atoms with Crippen LogP contribution in [0.15, 0.2) is 60.9 Å². The van der Waals surface area contributed by atoms with Gasteiger partial charge in [-0.15, -0.1) is 0 Å². The van der Waals surface area contributed by atoms with Gasteiger partial charge in [0.25, 0.3) is 5.91 Å². The SMILES string of the molecule is COc1ccc(NC(=O)c2cc(Nc3cccc(Cl)c3)ncn2)cc1. The summed E-state index contributed by atoms with van der Waals surface area (Å²) in [7, 11) is 1.59. The monoisotopic (exact) mass is 354 g/mol. The van der Waals surface area contributed by atoms with Crippen molar-refractivity contribution in [3.05, 3.63) is 71.6 Å². The number of ether oxygens (including phenoxy) is 1. The van der Waals surface area contributed by atoms with Crippen molar-refractivity contribution in [3.63, 3.8) is 0 Å². The number of halogens is 1. The number of rotatable bonds is 5. The highest BCUT2D eigenvalue weighted by molar-refractivity contribution is 6.30. The van der Waals surface area contributed by atoms with Gasteiger partial charge in [0.1, 0.15) is 23.6 Å². The fourth-order valence-electron chi connectivity index (χ4n) is 2.13. The molecule has 3 aromatic rings. The molecule has 0 saturated heterocycles. The van der Waals surface area contributed by atoms with Crippen molar-refractivity contribution < 1.29 is 9.53 Å². The molecule has 1 aromatic heterocycles. The third-order valence-corrected chi connectivity index (χ3v) is 3.58. The number of hydrogen-bond donors (Lipinski definition) is 2. The van der Waals surface area contributed by atoms with Crippen LogP contribution in [0.3, 0.4) is 0 Å². The van der Waals surface area contributed by atoms with Gasteiger partial charge in [0, 0.05) is 22.5 Å². The van der Waals surface area contributed by atoms with E-state index in [0.717, 1.165) is 5.69 Å². The molecule has 0 aliphatic carbocycles. The van der Waals surface area contributed by atoms with Gasteiger partial charge in [-0.3, -0.25) is 4.79 Å². The van der Waals surface area contributed by atoms with Crippen molar-refractivity contribution >= 4 is 34.7 Å². The molecule has 1 amide bonds. The van der Waals surface area contributed by atoms with Crippen LogP contribution in [0, 0.1) is 0 Å². The summed E-state index contributed by atoms with van der Waals surface area (Å²) in [4.78, 5) is 20.5. The fourth-order valence-corrected chi connectivity index (χ4v) is 2.32. The van der Waals surface area contributed by atoms with E-state index in [2.05, 4.69) is 20.6 Å². The maximum Gasteiger partial charge on any atom is 0.274 e. The van der Waals surface area contributed by atoms with Crippen molar-refractivity contribution in [2.24, 2.45) is 0 Å². The first-order valence-corrected chi connectivity index (χ1v) is 7.82. The molecule has 6 nitrogen and oxygen atoms in total. The van der Waals surface area contributed by atoms with Crippen molar-refractivity contribution in [1.82, 2.24) is 9.97 Å². The second-order valence-corrected chi connectivity index (χ2v) is 5.54. The molecular formula is C18H15ClN4O2. The van der Waals surface area contributed by atoms with Crippen molar-refractivity contribution in [3.8, 4) is 5.75 Å².